The molecule has 0 saturated carbocycles. The molecule has 0 radical (unpaired) electrons. The van der Waals surface area contributed by atoms with Crippen LogP contribution >= 0.6 is 0 Å². The number of ether oxygens (including phenoxy) is 1. The number of aromatic nitrogens is 1. The van der Waals surface area contributed by atoms with Crippen LogP contribution in [0.5, 0.6) is 0 Å². The SMILES string of the molecule is CCOC(=O)c1c(C)[nH]c(C(=O)N2CCN(C(=O)N3CCCCC3)CC2)c1C. The fourth-order valence-corrected chi connectivity index (χ4v) is 4.02. The van der Waals surface area contributed by atoms with Crippen LogP contribution in [0.3, 0.4) is 0 Å². The molecular formula is C20H30N4O4. The van der Waals surface area contributed by atoms with Crippen LogP contribution < -0.4 is 0 Å². The molecule has 0 aromatic carbocycles. The Morgan fingerprint density at radius 1 is 0.893 bits per heavy atom. The van der Waals surface area contributed by atoms with E-state index in [2.05, 4.69) is 4.98 Å². The van der Waals surface area contributed by atoms with Crippen LogP contribution in [0.25, 0.3) is 0 Å². The summed E-state index contributed by atoms with van der Waals surface area (Å²) in [7, 11) is 0. The number of H-pyrrole nitrogens is 1. The second kappa shape index (κ2) is 8.67. The lowest BCUT2D eigenvalue weighted by molar-refractivity contribution is 0.0525. The van der Waals surface area contributed by atoms with Crippen molar-refractivity contribution < 1.29 is 19.1 Å². The highest BCUT2D eigenvalue weighted by Crippen LogP contribution is 2.21. The fourth-order valence-electron chi connectivity index (χ4n) is 4.02. The van der Waals surface area contributed by atoms with Crippen LogP contribution in [-0.2, 0) is 4.74 Å². The van der Waals surface area contributed by atoms with Crippen molar-refractivity contribution in [2.45, 2.75) is 40.0 Å². The first-order valence-electron chi connectivity index (χ1n) is 10.1. The van der Waals surface area contributed by atoms with Gasteiger partial charge in [0.2, 0.25) is 0 Å². The standard InChI is InChI=1S/C20H30N4O4/c1-4-28-19(26)16-14(2)17(21-15(16)3)18(25)22-10-12-24(13-11-22)20(27)23-8-6-5-7-9-23/h21H,4-13H2,1-3H3. The molecule has 8 heteroatoms. The predicted molar refractivity (Wildman–Crippen MR) is 105 cm³/mol. The van der Waals surface area contributed by atoms with Gasteiger partial charge in [-0.1, -0.05) is 0 Å². The normalized spacial score (nSPS) is 17.6. The molecule has 28 heavy (non-hydrogen) atoms. The maximum Gasteiger partial charge on any atom is 0.340 e. The van der Waals surface area contributed by atoms with Gasteiger partial charge in [-0.05, 0) is 45.6 Å². The van der Waals surface area contributed by atoms with E-state index in [4.69, 9.17) is 4.74 Å². The number of aromatic amines is 1. The zero-order chi connectivity index (χ0) is 20.3. The van der Waals surface area contributed by atoms with Gasteiger partial charge in [-0.25, -0.2) is 9.59 Å². The number of piperazine rings is 1. The average molecular weight is 390 g/mol. The number of amides is 3. The van der Waals surface area contributed by atoms with E-state index in [-0.39, 0.29) is 11.9 Å². The van der Waals surface area contributed by atoms with E-state index >= 15 is 0 Å². The number of carbonyl (C=O) groups excluding carboxylic acids is 3. The molecule has 3 amide bonds. The van der Waals surface area contributed by atoms with Crippen LogP contribution in [-0.4, -0.2) is 83.5 Å². The zero-order valence-corrected chi connectivity index (χ0v) is 17.0. The van der Waals surface area contributed by atoms with Gasteiger partial charge in [-0.2, -0.15) is 0 Å². The quantitative estimate of drug-likeness (QED) is 0.802. The monoisotopic (exact) mass is 390 g/mol. The van der Waals surface area contributed by atoms with Gasteiger partial charge in [0.15, 0.2) is 0 Å². The Morgan fingerprint density at radius 2 is 1.46 bits per heavy atom. The van der Waals surface area contributed by atoms with Crippen molar-refractivity contribution in [3.8, 4) is 0 Å². The number of nitrogens with one attached hydrogen (secondary N) is 1. The minimum absolute atomic E-state index is 0.0864. The number of piperidine rings is 1. The van der Waals surface area contributed by atoms with E-state index in [1.807, 2.05) is 9.80 Å². The number of hydrogen-bond donors (Lipinski definition) is 1. The van der Waals surface area contributed by atoms with E-state index in [9.17, 15) is 14.4 Å². The Hall–Kier alpha value is -2.51. The van der Waals surface area contributed by atoms with Crippen molar-refractivity contribution in [3.05, 3.63) is 22.5 Å². The summed E-state index contributed by atoms with van der Waals surface area (Å²) >= 11 is 0. The number of aryl methyl sites for hydroxylation is 1. The van der Waals surface area contributed by atoms with Crippen LogP contribution in [0.15, 0.2) is 0 Å². The van der Waals surface area contributed by atoms with Crippen LogP contribution in [0.2, 0.25) is 0 Å². The van der Waals surface area contributed by atoms with Gasteiger partial charge in [-0.3, -0.25) is 4.79 Å². The summed E-state index contributed by atoms with van der Waals surface area (Å²) in [4.78, 5) is 46.3. The van der Waals surface area contributed by atoms with Gasteiger partial charge >= 0.3 is 12.0 Å². The number of hydrogen-bond acceptors (Lipinski definition) is 4. The number of nitrogens with zero attached hydrogens (tertiary/aromatic N) is 3. The van der Waals surface area contributed by atoms with Crippen molar-refractivity contribution in [3.63, 3.8) is 0 Å². The molecule has 154 valence electrons. The number of urea groups is 1. The van der Waals surface area contributed by atoms with E-state index in [1.54, 1.807) is 25.7 Å². The number of likely N-dealkylation sites (tertiary alicyclic amines) is 1. The first kappa shape index (κ1) is 20.2. The van der Waals surface area contributed by atoms with Crippen molar-refractivity contribution in [2.24, 2.45) is 0 Å². The van der Waals surface area contributed by atoms with Crippen molar-refractivity contribution in [1.82, 2.24) is 19.7 Å². The maximum absolute atomic E-state index is 13.0. The van der Waals surface area contributed by atoms with Crippen LogP contribution in [0, 0.1) is 13.8 Å². The summed E-state index contributed by atoms with van der Waals surface area (Å²) in [5, 5.41) is 0. The second-order valence-corrected chi connectivity index (χ2v) is 7.46. The summed E-state index contributed by atoms with van der Waals surface area (Å²) in [5.74, 6) is -0.550. The average Bonchev–Trinajstić information content (AvgIpc) is 3.02. The Morgan fingerprint density at radius 3 is 2.07 bits per heavy atom. The first-order valence-corrected chi connectivity index (χ1v) is 10.1. The van der Waals surface area contributed by atoms with E-state index in [1.165, 1.54) is 6.42 Å². The molecule has 0 atom stereocenters. The molecule has 1 aromatic rings. The fraction of sp³-hybridized carbons (Fsp3) is 0.650. The largest absolute Gasteiger partial charge is 0.462 e. The highest BCUT2D eigenvalue weighted by atomic mass is 16.5. The van der Waals surface area contributed by atoms with Crippen LogP contribution in [0.1, 0.15) is 58.3 Å². The lowest BCUT2D eigenvalue weighted by Gasteiger charge is -2.38. The molecule has 0 bridgehead atoms. The van der Waals surface area contributed by atoms with Crippen molar-refractivity contribution >= 4 is 17.9 Å². The number of carbonyl (C=O) groups is 3. The summed E-state index contributed by atoms with van der Waals surface area (Å²) in [6, 6.07) is 0.0864. The molecule has 8 nitrogen and oxygen atoms in total. The summed E-state index contributed by atoms with van der Waals surface area (Å²) < 4.78 is 5.09. The highest BCUT2D eigenvalue weighted by molar-refractivity contribution is 6.00. The molecule has 2 aliphatic heterocycles. The third-order valence-electron chi connectivity index (χ3n) is 5.59. The molecule has 0 spiro atoms. The Labute approximate surface area is 165 Å². The van der Waals surface area contributed by atoms with Gasteiger partial charge in [0.1, 0.15) is 5.69 Å². The van der Waals surface area contributed by atoms with Gasteiger partial charge < -0.3 is 24.4 Å². The third-order valence-corrected chi connectivity index (χ3v) is 5.59. The van der Waals surface area contributed by atoms with E-state index in [0.717, 1.165) is 25.9 Å². The van der Waals surface area contributed by atoms with Gasteiger partial charge in [0.25, 0.3) is 5.91 Å². The minimum atomic E-state index is -0.412. The van der Waals surface area contributed by atoms with Gasteiger partial charge in [0, 0.05) is 45.0 Å². The van der Waals surface area contributed by atoms with Gasteiger partial charge in [-0.15, -0.1) is 0 Å². The Balaban J connectivity index is 1.63. The molecular weight excluding hydrogens is 360 g/mol. The molecule has 3 rings (SSSR count). The van der Waals surface area contributed by atoms with Crippen molar-refractivity contribution in [1.29, 1.82) is 0 Å². The minimum Gasteiger partial charge on any atom is -0.462 e. The highest BCUT2D eigenvalue weighted by Gasteiger charge is 2.30. The summed E-state index contributed by atoms with van der Waals surface area (Å²) in [6.45, 7) is 9.28. The topological polar surface area (TPSA) is 86.0 Å². The molecule has 1 N–H and O–H groups in total. The zero-order valence-electron chi connectivity index (χ0n) is 17.0. The molecule has 2 aliphatic rings. The number of esters is 1. The van der Waals surface area contributed by atoms with E-state index < -0.39 is 5.97 Å². The summed E-state index contributed by atoms with van der Waals surface area (Å²) in [5.41, 5.74) is 2.12. The first-order chi connectivity index (χ1) is 13.4. The number of rotatable bonds is 3. The molecule has 1 aromatic heterocycles. The second-order valence-electron chi connectivity index (χ2n) is 7.46. The lowest BCUT2D eigenvalue weighted by Crippen LogP contribution is -2.54. The molecule has 2 saturated heterocycles. The summed E-state index contributed by atoms with van der Waals surface area (Å²) in [6.07, 6.45) is 3.33. The van der Waals surface area contributed by atoms with Crippen LogP contribution in [0.4, 0.5) is 4.79 Å². The molecule has 2 fully saturated rings. The van der Waals surface area contributed by atoms with E-state index in [0.29, 0.717) is 55.3 Å². The smallest absolute Gasteiger partial charge is 0.340 e. The Kier molecular flexibility index (Phi) is 6.26. The van der Waals surface area contributed by atoms with Gasteiger partial charge in [0.05, 0.1) is 12.2 Å². The maximum atomic E-state index is 13.0. The molecule has 3 heterocycles. The lowest BCUT2D eigenvalue weighted by atomic mass is 10.1. The van der Waals surface area contributed by atoms with Crippen molar-refractivity contribution in [2.75, 3.05) is 45.9 Å². The Bertz CT molecular complexity index is 744. The third kappa shape index (κ3) is 4.00. The predicted octanol–water partition coefficient (Wildman–Crippen LogP) is 2.17. The molecule has 0 unspecified atom stereocenters. The molecule has 0 aliphatic carbocycles.